The summed E-state index contributed by atoms with van der Waals surface area (Å²) in [5.74, 6) is 0.444. The Morgan fingerprint density at radius 3 is 2.43 bits per heavy atom. The highest BCUT2D eigenvalue weighted by Crippen LogP contribution is 2.28. The molecule has 0 saturated heterocycles. The van der Waals surface area contributed by atoms with Gasteiger partial charge >= 0.3 is 7.12 Å². The molecule has 1 heterocycles. The lowest BCUT2D eigenvalue weighted by atomic mass is 9.78. The molecule has 0 aromatic heterocycles. The van der Waals surface area contributed by atoms with Crippen LogP contribution < -0.4 is 10.2 Å². The van der Waals surface area contributed by atoms with E-state index in [4.69, 9.17) is 18.9 Å². The number of nitrogens with zero attached hydrogens (tertiary/aromatic N) is 1. The number of fused-ring (bicyclic) bond motifs is 1. The molecule has 0 fully saturated rings. The summed E-state index contributed by atoms with van der Waals surface area (Å²) in [5.41, 5.74) is 1.03. The van der Waals surface area contributed by atoms with Crippen molar-refractivity contribution in [2.75, 3.05) is 33.0 Å². The van der Waals surface area contributed by atoms with Crippen LogP contribution in [0.2, 0.25) is 0 Å². The lowest BCUT2D eigenvalue weighted by molar-refractivity contribution is -0.490. The predicted molar refractivity (Wildman–Crippen MR) is 106 cm³/mol. The molecule has 8 nitrogen and oxygen atoms in total. The molecule has 2 rings (SSSR count). The zero-order valence-corrected chi connectivity index (χ0v) is 16.7. The van der Waals surface area contributed by atoms with Crippen LogP contribution in [0.15, 0.2) is 18.2 Å². The molecule has 1 aromatic carbocycles. The van der Waals surface area contributed by atoms with Gasteiger partial charge in [-0.1, -0.05) is 38.8 Å². The molecular weight excluding hydrogens is 365 g/mol. The first-order valence-corrected chi connectivity index (χ1v) is 9.97. The van der Waals surface area contributed by atoms with Crippen LogP contribution in [0.5, 0.6) is 5.75 Å². The van der Waals surface area contributed by atoms with Gasteiger partial charge in [0.05, 0.1) is 13.2 Å². The number of nitro groups is 1. The van der Waals surface area contributed by atoms with E-state index < -0.39 is 24.7 Å². The zero-order chi connectivity index (χ0) is 20.4. The second-order valence-electron chi connectivity index (χ2n) is 6.85. The number of hydrogen-bond acceptors (Lipinski definition) is 7. The number of benzene rings is 1. The van der Waals surface area contributed by atoms with Gasteiger partial charge in [0.25, 0.3) is 0 Å². The van der Waals surface area contributed by atoms with Crippen LogP contribution in [0, 0.1) is 10.1 Å². The molecule has 0 saturated carbocycles. The highest BCUT2D eigenvalue weighted by molar-refractivity contribution is 6.62. The third kappa shape index (κ3) is 6.74. The van der Waals surface area contributed by atoms with Gasteiger partial charge in [-0.25, -0.2) is 0 Å². The van der Waals surface area contributed by atoms with Gasteiger partial charge in [-0.2, -0.15) is 0 Å². The highest BCUT2D eigenvalue weighted by Gasteiger charge is 2.40. The van der Waals surface area contributed by atoms with Crippen LogP contribution in [0.3, 0.4) is 0 Å². The van der Waals surface area contributed by atoms with Crippen LogP contribution in [0.25, 0.3) is 0 Å². The van der Waals surface area contributed by atoms with E-state index in [0.29, 0.717) is 43.2 Å². The summed E-state index contributed by atoms with van der Waals surface area (Å²) in [6.07, 6.45) is 2.90. The van der Waals surface area contributed by atoms with E-state index in [1.54, 1.807) is 18.2 Å². The fourth-order valence-electron chi connectivity index (χ4n) is 3.00. The van der Waals surface area contributed by atoms with Crippen molar-refractivity contribution in [2.45, 2.75) is 51.7 Å². The second kappa shape index (κ2) is 12.0. The molecule has 0 aliphatic carbocycles. The van der Waals surface area contributed by atoms with Crippen LogP contribution >= 0.6 is 0 Å². The van der Waals surface area contributed by atoms with E-state index in [1.807, 2.05) is 0 Å². The SMILES string of the molecule is CCCCOCC(COCCCC)Oc1cccc2c1B(O)OC2C[N+](=O)[O-]. The fraction of sp³-hybridized carbons (Fsp3) is 0.684. The lowest BCUT2D eigenvalue weighted by Crippen LogP contribution is -2.35. The Kier molecular flexibility index (Phi) is 9.70. The fourth-order valence-corrected chi connectivity index (χ4v) is 3.00. The third-order valence-corrected chi connectivity index (χ3v) is 4.49. The van der Waals surface area contributed by atoms with Crippen LogP contribution in [-0.4, -0.2) is 56.1 Å². The van der Waals surface area contributed by atoms with Crippen molar-refractivity contribution in [3.05, 3.63) is 33.9 Å². The molecule has 0 spiro atoms. The first-order chi connectivity index (χ1) is 13.6. The Bertz CT molecular complexity index is 604. The summed E-state index contributed by atoms with van der Waals surface area (Å²) in [4.78, 5) is 10.4. The van der Waals surface area contributed by atoms with E-state index in [2.05, 4.69) is 13.8 Å². The largest absolute Gasteiger partial charge is 0.496 e. The molecule has 0 radical (unpaired) electrons. The molecule has 1 aliphatic rings. The monoisotopic (exact) mass is 395 g/mol. The number of rotatable bonds is 14. The van der Waals surface area contributed by atoms with Gasteiger partial charge < -0.3 is 23.9 Å². The Labute approximate surface area is 166 Å². The number of hydrogen-bond donors (Lipinski definition) is 1. The standard InChI is InChI=1S/C19H30BNO7/c1-3-5-10-25-13-15(14-26-11-6-4-2)27-17-9-7-8-16-18(12-21(23)24)28-20(22)19(16)17/h7-9,15,18,22H,3-6,10-14H2,1-2H3. The number of unbranched alkanes of at least 4 members (excludes halogenated alkanes) is 2. The first kappa shape index (κ1) is 22.6. The van der Waals surface area contributed by atoms with Gasteiger partial charge in [-0.3, -0.25) is 10.1 Å². The van der Waals surface area contributed by atoms with Gasteiger partial charge in [0.15, 0.2) is 0 Å². The molecule has 1 aliphatic heterocycles. The molecule has 1 atom stereocenters. The zero-order valence-electron chi connectivity index (χ0n) is 16.7. The van der Waals surface area contributed by atoms with E-state index in [1.165, 1.54) is 0 Å². The molecule has 0 amide bonds. The number of ether oxygens (including phenoxy) is 3. The second-order valence-corrected chi connectivity index (χ2v) is 6.85. The van der Waals surface area contributed by atoms with E-state index in [-0.39, 0.29) is 6.10 Å². The molecule has 156 valence electrons. The van der Waals surface area contributed by atoms with Crippen molar-refractivity contribution in [1.29, 1.82) is 0 Å². The normalized spacial score (nSPS) is 15.9. The average molecular weight is 395 g/mol. The molecule has 1 aromatic rings. The van der Waals surface area contributed by atoms with E-state index in [9.17, 15) is 15.1 Å². The quantitative estimate of drug-likeness (QED) is 0.223. The topological polar surface area (TPSA) is 100 Å². The molecule has 1 unspecified atom stereocenters. The van der Waals surface area contributed by atoms with Gasteiger partial charge in [-0.05, 0) is 24.5 Å². The average Bonchev–Trinajstić information content (AvgIpc) is 2.98. The van der Waals surface area contributed by atoms with Crippen molar-refractivity contribution in [2.24, 2.45) is 0 Å². The Hall–Kier alpha value is -1.68. The summed E-state index contributed by atoms with van der Waals surface area (Å²) in [5, 5.41) is 21.1. The highest BCUT2D eigenvalue weighted by atomic mass is 16.6. The predicted octanol–water partition coefficient (Wildman–Crippen LogP) is 2.10. The first-order valence-electron chi connectivity index (χ1n) is 9.97. The van der Waals surface area contributed by atoms with Crippen molar-refractivity contribution in [3.63, 3.8) is 0 Å². The van der Waals surface area contributed by atoms with E-state index >= 15 is 0 Å². The van der Waals surface area contributed by atoms with Crippen molar-refractivity contribution >= 4 is 12.6 Å². The minimum absolute atomic E-state index is 0.345. The van der Waals surface area contributed by atoms with Crippen LogP contribution in [-0.2, 0) is 14.1 Å². The molecular formula is C19H30BNO7. The summed E-state index contributed by atoms with van der Waals surface area (Å²) in [6, 6.07) is 5.19. The van der Waals surface area contributed by atoms with Crippen LogP contribution in [0.4, 0.5) is 0 Å². The van der Waals surface area contributed by atoms with Crippen molar-refractivity contribution in [1.82, 2.24) is 0 Å². The maximum atomic E-state index is 10.9. The van der Waals surface area contributed by atoms with Gasteiger partial charge in [0.2, 0.25) is 6.54 Å². The Morgan fingerprint density at radius 1 is 1.21 bits per heavy atom. The van der Waals surface area contributed by atoms with Crippen molar-refractivity contribution in [3.8, 4) is 5.75 Å². The summed E-state index contributed by atoms with van der Waals surface area (Å²) >= 11 is 0. The Balaban J connectivity index is 2.07. The smallest absolute Gasteiger partial charge is 0.486 e. The van der Waals surface area contributed by atoms with Crippen LogP contribution in [0.1, 0.15) is 51.2 Å². The summed E-state index contributed by atoms with van der Waals surface area (Å²) in [6.45, 7) is 5.82. The van der Waals surface area contributed by atoms with Crippen molar-refractivity contribution < 1.29 is 28.8 Å². The molecule has 0 bridgehead atoms. The Morgan fingerprint density at radius 2 is 1.86 bits per heavy atom. The van der Waals surface area contributed by atoms with Gasteiger partial charge in [-0.15, -0.1) is 0 Å². The third-order valence-electron chi connectivity index (χ3n) is 4.49. The summed E-state index contributed by atoms with van der Waals surface area (Å²) < 4.78 is 22.8. The van der Waals surface area contributed by atoms with Gasteiger partial charge in [0.1, 0.15) is 18.0 Å². The lowest BCUT2D eigenvalue weighted by Gasteiger charge is -2.21. The molecule has 9 heteroatoms. The van der Waals surface area contributed by atoms with E-state index in [0.717, 1.165) is 25.7 Å². The van der Waals surface area contributed by atoms with Gasteiger partial charge in [0, 0.05) is 23.6 Å². The summed E-state index contributed by atoms with van der Waals surface area (Å²) in [7, 11) is -1.25. The molecule has 1 N–H and O–H groups in total. The maximum absolute atomic E-state index is 10.9. The molecule has 28 heavy (non-hydrogen) atoms. The minimum atomic E-state index is -1.25. The minimum Gasteiger partial charge on any atom is -0.486 e. The maximum Gasteiger partial charge on any atom is 0.496 e.